The maximum absolute atomic E-state index is 5.31. The summed E-state index contributed by atoms with van der Waals surface area (Å²) in [7, 11) is 0. The van der Waals surface area contributed by atoms with Crippen LogP contribution in [0.2, 0.25) is 0 Å². The Morgan fingerprint density at radius 3 is 2.60 bits per heavy atom. The van der Waals surface area contributed by atoms with E-state index in [-0.39, 0.29) is 0 Å². The molecule has 0 spiro atoms. The van der Waals surface area contributed by atoms with Crippen LogP contribution in [0.3, 0.4) is 0 Å². The molecule has 1 aliphatic rings. The van der Waals surface area contributed by atoms with Crippen LogP contribution in [0.15, 0.2) is 0 Å². The fraction of sp³-hybridized carbons (Fsp3) is 1.00. The smallest absolute Gasteiger partial charge is 0.0554 e. The highest BCUT2D eigenvalue weighted by Crippen LogP contribution is 2.28. The summed E-state index contributed by atoms with van der Waals surface area (Å²) in [6.45, 7) is 1.76. The van der Waals surface area contributed by atoms with Crippen molar-refractivity contribution < 1.29 is 4.74 Å². The van der Waals surface area contributed by atoms with Crippen LogP contribution in [-0.4, -0.2) is 19.0 Å². The van der Waals surface area contributed by atoms with Gasteiger partial charge in [0.2, 0.25) is 0 Å². The van der Waals surface area contributed by atoms with Gasteiger partial charge >= 0.3 is 0 Å². The van der Waals surface area contributed by atoms with Crippen molar-refractivity contribution in [2.24, 2.45) is 5.92 Å². The van der Waals surface area contributed by atoms with Crippen molar-refractivity contribution in [2.45, 2.75) is 25.7 Å². The van der Waals surface area contributed by atoms with Crippen molar-refractivity contribution >= 4 is 12.6 Å². The Kier molecular flexibility index (Phi) is 4.23. The summed E-state index contributed by atoms with van der Waals surface area (Å²) in [5, 5.41) is 0. The maximum atomic E-state index is 5.31. The Labute approximate surface area is 68.6 Å². The first kappa shape index (κ1) is 8.41. The molecule has 0 aromatic carbocycles. The second-order valence-electron chi connectivity index (χ2n) is 2.92. The quantitative estimate of drug-likeness (QED) is 0.479. The summed E-state index contributed by atoms with van der Waals surface area (Å²) in [5.41, 5.74) is 0. The van der Waals surface area contributed by atoms with Gasteiger partial charge < -0.3 is 4.74 Å². The SMILES string of the molecule is SCCOCCC1CCC1. The molecule has 1 fully saturated rings. The van der Waals surface area contributed by atoms with Crippen molar-refractivity contribution in [3.63, 3.8) is 0 Å². The van der Waals surface area contributed by atoms with E-state index in [1.54, 1.807) is 0 Å². The highest BCUT2D eigenvalue weighted by Gasteiger charge is 2.16. The molecule has 0 saturated heterocycles. The second-order valence-corrected chi connectivity index (χ2v) is 3.37. The van der Waals surface area contributed by atoms with Gasteiger partial charge in [0, 0.05) is 12.4 Å². The topological polar surface area (TPSA) is 9.23 Å². The van der Waals surface area contributed by atoms with E-state index < -0.39 is 0 Å². The Hall–Kier alpha value is 0.310. The minimum Gasteiger partial charge on any atom is -0.381 e. The third-order valence-corrected chi connectivity index (χ3v) is 2.31. The molecule has 1 aliphatic carbocycles. The van der Waals surface area contributed by atoms with Crippen LogP contribution >= 0.6 is 12.6 Å². The first-order valence-corrected chi connectivity index (χ1v) is 4.75. The van der Waals surface area contributed by atoms with E-state index >= 15 is 0 Å². The van der Waals surface area contributed by atoms with E-state index in [0.29, 0.717) is 0 Å². The van der Waals surface area contributed by atoms with Crippen molar-refractivity contribution in [1.29, 1.82) is 0 Å². The van der Waals surface area contributed by atoms with E-state index in [9.17, 15) is 0 Å². The van der Waals surface area contributed by atoms with E-state index in [0.717, 1.165) is 24.9 Å². The average Bonchev–Trinajstić information content (AvgIpc) is 1.84. The monoisotopic (exact) mass is 160 g/mol. The molecule has 10 heavy (non-hydrogen) atoms. The largest absolute Gasteiger partial charge is 0.381 e. The lowest BCUT2D eigenvalue weighted by atomic mass is 9.83. The van der Waals surface area contributed by atoms with Crippen LogP contribution in [0.4, 0.5) is 0 Å². The maximum Gasteiger partial charge on any atom is 0.0554 e. The van der Waals surface area contributed by atoms with Gasteiger partial charge in [-0.25, -0.2) is 0 Å². The van der Waals surface area contributed by atoms with Crippen LogP contribution < -0.4 is 0 Å². The van der Waals surface area contributed by atoms with Crippen LogP contribution in [0.1, 0.15) is 25.7 Å². The molecule has 1 saturated carbocycles. The van der Waals surface area contributed by atoms with Crippen LogP contribution in [0, 0.1) is 5.92 Å². The molecule has 1 nitrogen and oxygen atoms in total. The lowest BCUT2D eigenvalue weighted by Gasteiger charge is -2.24. The number of thiol groups is 1. The number of rotatable bonds is 5. The van der Waals surface area contributed by atoms with Crippen molar-refractivity contribution in [2.75, 3.05) is 19.0 Å². The first-order chi connectivity index (χ1) is 4.93. The summed E-state index contributed by atoms with van der Waals surface area (Å²) >= 11 is 4.06. The van der Waals surface area contributed by atoms with Gasteiger partial charge in [-0.05, 0) is 12.3 Å². The third kappa shape index (κ3) is 2.93. The first-order valence-electron chi connectivity index (χ1n) is 4.12. The van der Waals surface area contributed by atoms with Gasteiger partial charge in [0.25, 0.3) is 0 Å². The molecule has 0 aromatic rings. The minimum absolute atomic E-state index is 0.815. The van der Waals surface area contributed by atoms with Crippen LogP contribution in [0.25, 0.3) is 0 Å². The van der Waals surface area contributed by atoms with E-state index in [4.69, 9.17) is 4.74 Å². The van der Waals surface area contributed by atoms with Gasteiger partial charge in [-0.15, -0.1) is 0 Å². The summed E-state index contributed by atoms with van der Waals surface area (Å²) in [6.07, 6.45) is 5.58. The van der Waals surface area contributed by atoms with Gasteiger partial charge in [-0.2, -0.15) is 12.6 Å². The number of ether oxygens (including phenoxy) is 1. The molecule has 60 valence electrons. The predicted octanol–water partition coefficient (Wildman–Crippen LogP) is 2.12. The van der Waals surface area contributed by atoms with Crippen molar-refractivity contribution in [1.82, 2.24) is 0 Å². The van der Waals surface area contributed by atoms with Gasteiger partial charge in [0.05, 0.1) is 6.61 Å². The Balaban J connectivity index is 1.76. The second kappa shape index (κ2) is 5.03. The zero-order chi connectivity index (χ0) is 7.23. The molecule has 2 heteroatoms. The van der Waals surface area contributed by atoms with Crippen LogP contribution in [-0.2, 0) is 4.74 Å². The molecule has 0 aromatic heterocycles. The fourth-order valence-corrected chi connectivity index (χ4v) is 1.33. The standard InChI is InChI=1S/C8H16OS/c10-7-6-9-5-4-8-2-1-3-8/h8,10H,1-7H2. The number of hydrogen-bond donors (Lipinski definition) is 1. The lowest BCUT2D eigenvalue weighted by Crippen LogP contribution is -2.13. The molecule has 0 aliphatic heterocycles. The van der Waals surface area contributed by atoms with Gasteiger partial charge in [-0.1, -0.05) is 19.3 Å². The molecule has 0 unspecified atom stereocenters. The molecule has 0 radical (unpaired) electrons. The zero-order valence-electron chi connectivity index (χ0n) is 6.38. The fourth-order valence-electron chi connectivity index (χ4n) is 1.20. The minimum atomic E-state index is 0.815. The van der Waals surface area contributed by atoms with E-state index in [2.05, 4.69) is 12.6 Å². The summed E-state index contributed by atoms with van der Waals surface area (Å²) in [4.78, 5) is 0. The molecular formula is C8H16OS. The lowest BCUT2D eigenvalue weighted by molar-refractivity contribution is 0.119. The Morgan fingerprint density at radius 2 is 2.10 bits per heavy atom. The normalized spacial score (nSPS) is 18.9. The Bertz CT molecular complexity index is 81.3. The summed E-state index contributed by atoms with van der Waals surface area (Å²) in [6, 6.07) is 0. The molecule has 0 N–H and O–H groups in total. The highest BCUT2D eigenvalue weighted by molar-refractivity contribution is 7.80. The van der Waals surface area contributed by atoms with E-state index in [1.165, 1.54) is 25.7 Å². The molecule has 0 atom stereocenters. The predicted molar refractivity (Wildman–Crippen MR) is 46.6 cm³/mol. The van der Waals surface area contributed by atoms with Crippen molar-refractivity contribution in [3.8, 4) is 0 Å². The van der Waals surface area contributed by atoms with E-state index in [1.807, 2.05) is 0 Å². The Morgan fingerprint density at radius 1 is 1.30 bits per heavy atom. The third-order valence-electron chi connectivity index (χ3n) is 2.13. The summed E-state index contributed by atoms with van der Waals surface area (Å²) < 4.78 is 5.31. The van der Waals surface area contributed by atoms with Gasteiger partial charge in [0.15, 0.2) is 0 Å². The molecular weight excluding hydrogens is 144 g/mol. The number of hydrogen-bond acceptors (Lipinski definition) is 2. The molecule has 1 rings (SSSR count). The van der Waals surface area contributed by atoms with Gasteiger partial charge in [-0.3, -0.25) is 0 Å². The summed E-state index contributed by atoms with van der Waals surface area (Å²) in [5.74, 6) is 1.84. The van der Waals surface area contributed by atoms with Gasteiger partial charge in [0.1, 0.15) is 0 Å². The molecule has 0 amide bonds. The molecule has 0 bridgehead atoms. The van der Waals surface area contributed by atoms with Crippen molar-refractivity contribution in [3.05, 3.63) is 0 Å². The zero-order valence-corrected chi connectivity index (χ0v) is 7.28. The highest BCUT2D eigenvalue weighted by atomic mass is 32.1. The van der Waals surface area contributed by atoms with Crippen LogP contribution in [0.5, 0.6) is 0 Å². The molecule has 0 heterocycles. The average molecular weight is 160 g/mol.